The van der Waals surface area contributed by atoms with Gasteiger partial charge in [0.25, 0.3) is 5.91 Å². The first-order valence-electron chi connectivity index (χ1n) is 6.89. The van der Waals surface area contributed by atoms with Gasteiger partial charge >= 0.3 is 0 Å². The molecule has 0 aliphatic rings. The Morgan fingerprint density at radius 2 is 2.19 bits per heavy atom. The van der Waals surface area contributed by atoms with Gasteiger partial charge in [-0.05, 0) is 49.1 Å². The van der Waals surface area contributed by atoms with E-state index in [-0.39, 0.29) is 11.9 Å². The van der Waals surface area contributed by atoms with Crippen LogP contribution in [0.2, 0.25) is 0 Å². The lowest BCUT2D eigenvalue weighted by Crippen LogP contribution is -2.36. The van der Waals surface area contributed by atoms with Crippen molar-refractivity contribution in [2.75, 3.05) is 12.5 Å². The number of nitrogens with one attached hydrogen (secondary N) is 1. The monoisotopic (exact) mass is 303 g/mol. The van der Waals surface area contributed by atoms with Crippen molar-refractivity contribution in [3.05, 3.63) is 51.7 Å². The van der Waals surface area contributed by atoms with Crippen LogP contribution in [-0.4, -0.2) is 23.9 Å². The highest BCUT2D eigenvalue weighted by atomic mass is 32.1. The van der Waals surface area contributed by atoms with Crippen LogP contribution in [0.5, 0.6) is 0 Å². The molecule has 0 aliphatic heterocycles. The first-order valence-corrected chi connectivity index (χ1v) is 7.77. The van der Waals surface area contributed by atoms with E-state index in [9.17, 15) is 4.79 Å². The number of aryl methyl sites for hydroxylation is 1. The molecule has 21 heavy (non-hydrogen) atoms. The number of benzene rings is 1. The molecule has 3 N–H and O–H groups in total. The molecule has 1 aromatic carbocycles. The van der Waals surface area contributed by atoms with Gasteiger partial charge in [-0.15, -0.1) is 11.3 Å². The zero-order chi connectivity index (χ0) is 15.4. The van der Waals surface area contributed by atoms with Gasteiger partial charge in [0, 0.05) is 35.6 Å². The molecule has 112 valence electrons. The average molecular weight is 303 g/mol. The maximum Gasteiger partial charge on any atom is 0.254 e. The molecule has 2 rings (SSSR count). The van der Waals surface area contributed by atoms with Crippen LogP contribution in [-0.2, 0) is 6.42 Å². The Balaban J connectivity index is 2.11. The predicted octanol–water partition coefficient (Wildman–Crippen LogP) is 3.05. The number of carbonyl (C=O) groups is 1. The number of anilines is 1. The summed E-state index contributed by atoms with van der Waals surface area (Å²) in [5.74, 6) is 5.43. The molecule has 2 aromatic rings. The van der Waals surface area contributed by atoms with Crippen LogP contribution >= 0.6 is 11.3 Å². The van der Waals surface area contributed by atoms with Crippen molar-refractivity contribution in [3.63, 3.8) is 0 Å². The number of carbonyl (C=O) groups excluding carboxylic acids is 1. The summed E-state index contributed by atoms with van der Waals surface area (Å²) in [6, 6.07) is 9.82. The number of likely N-dealkylation sites (N-methyl/N-ethyl adjacent to an activating group) is 1. The molecule has 0 spiro atoms. The molecule has 1 unspecified atom stereocenters. The topological polar surface area (TPSA) is 58.4 Å². The Morgan fingerprint density at radius 1 is 1.43 bits per heavy atom. The van der Waals surface area contributed by atoms with E-state index >= 15 is 0 Å². The Morgan fingerprint density at radius 3 is 2.76 bits per heavy atom. The fourth-order valence-corrected chi connectivity index (χ4v) is 3.07. The lowest BCUT2D eigenvalue weighted by molar-refractivity contribution is 0.0743. The lowest BCUT2D eigenvalue weighted by Gasteiger charge is -2.25. The van der Waals surface area contributed by atoms with Crippen molar-refractivity contribution in [1.82, 2.24) is 4.90 Å². The third-order valence-corrected chi connectivity index (χ3v) is 4.58. The quantitative estimate of drug-likeness (QED) is 0.659. The van der Waals surface area contributed by atoms with Gasteiger partial charge in [0.05, 0.1) is 0 Å². The van der Waals surface area contributed by atoms with E-state index < -0.39 is 0 Å². The minimum Gasteiger partial charge on any atom is -0.339 e. The van der Waals surface area contributed by atoms with E-state index in [0.29, 0.717) is 0 Å². The Hall–Kier alpha value is -1.85. The van der Waals surface area contributed by atoms with Crippen LogP contribution in [0.3, 0.4) is 0 Å². The first-order chi connectivity index (χ1) is 10.0. The minimum absolute atomic E-state index is 0.0418. The van der Waals surface area contributed by atoms with E-state index in [0.717, 1.165) is 23.2 Å². The third kappa shape index (κ3) is 3.62. The molecule has 1 atom stereocenters. The molecule has 5 heteroatoms. The maximum atomic E-state index is 12.6. The number of hydrazine groups is 1. The normalized spacial score (nSPS) is 12.0. The van der Waals surface area contributed by atoms with Crippen molar-refractivity contribution in [3.8, 4) is 0 Å². The summed E-state index contributed by atoms with van der Waals surface area (Å²) in [4.78, 5) is 15.7. The summed E-state index contributed by atoms with van der Waals surface area (Å²) in [6.45, 7) is 3.99. The summed E-state index contributed by atoms with van der Waals surface area (Å²) in [6.07, 6.45) is 0.876. The van der Waals surface area contributed by atoms with E-state index in [1.807, 2.05) is 38.2 Å². The van der Waals surface area contributed by atoms with Gasteiger partial charge in [-0.1, -0.05) is 6.07 Å². The molecule has 0 bridgehead atoms. The third-order valence-electron chi connectivity index (χ3n) is 3.68. The molecule has 4 nitrogen and oxygen atoms in total. The van der Waals surface area contributed by atoms with Gasteiger partial charge in [-0.25, -0.2) is 0 Å². The predicted molar refractivity (Wildman–Crippen MR) is 88.6 cm³/mol. The van der Waals surface area contributed by atoms with Gasteiger partial charge in [-0.3, -0.25) is 10.6 Å². The first kappa shape index (κ1) is 15.5. The fourth-order valence-electron chi connectivity index (χ4n) is 2.24. The number of thiophene rings is 1. The van der Waals surface area contributed by atoms with Crippen LogP contribution < -0.4 is 11.3 Å². The van der Waals surface area contributed by atoms with Gasteiger partial charge in [0.1, 0.15) is 0 Å². The zero-order valence-electron chi connectivity index (χ0n) is 12.6. The smallest absolute Gasteiger partial charge is 0.254 e. The Kier molecular flexibility index (Phi) is 4.98. The molecule has 1 heterocycles. The number of hydrogen-bond acceptors (Lipinski definition) is 4. The second kappa shape index (κ2) is 6.74. The summed E-state index contributed by atoms with van der Waals surface area (Å²) < 4.78 is 0. The number of amides is 1. The van der Waals surface area contributed by atoms with Gasteiger partial charge in [-0.2, -0.15) is 0 Å². The molecule has 0 radical (unpaired) electrons. The van der Waals surface area contributed by atoms with Crippen LogP contribution in [0, 0.1) is 6.92 Å². The summed E-state index contributed by atoms with van der Waals surface area (Å²) in [5.41, 5.74) is 5.04. The molecule has 0 saturated carbocycles. The van der Waals surface area contributed by atoms with Crippen LogP contribution in [0.1, 0.15) is 27.7 Å². The molecular formula is C16H21N3OS. The maximum absolute atomic E-state index is 12.6. The van der Waals surface area contributed by atoms with E-state index in [4.69, 9.17) is 5.84 Å². The highest BCUT2D eigenvalue weighted by Gasteiger charge is 2.19. The Labute approximate surface area is 129 Å². The second-order valence-corrected chi connectivity index (χ2v) is 6.25. The van der Waals surface area contributed by atoms with Crippen molar-refractivity contribution in [1.29, 1.82) is 0 Å². The van der Waals surface area contributed by atoms with E-state index in [1.54, 1.807) is 16.2 Å². The van der Waals surface area contributed by atoms with Gasteiger partial charge < -0.3 is 10.3 Å². The van der Waals surface area contributed by atoms with Gasteiger partial charge in [0.15, 0.2) is 0 Å². The molecular weight excluding hydrogens is 282 g/mol. The molecule has 0 aliphatic carbocycles. The average Bonchev–Trinajstić information content (AvgIpc) is 2.98. The van der Waals surface area contributed by atoms with E-state index in [2.05, 4.69) is 23.8 Å². The lowest BCUT2D eigenvalue weighted by atomic mass is 10.1. The SMILES string of the molecule is Cc1cc(NN)ccc1C(=O)N(C)C(C)Cc1cccs1. The van der Waals surface area contributed by atoms with Crippen molar-refractivity contribution in [2.45, 2.75) is 26.3 Å². The highest BCUT2D eigenvalue weighted by Crippen LogP contribution is 2.19. The van der Waals surface area contributed by atoms with Crippen LogP contribution in [0.4, 0.5) is 5.69 Å². The van der Waals surface area contributed by atoms with Gasteiger partial charge in [0.2, 0.25) is 0 Å². The van der Waals surface area contributed by atoms with Crippen molar-refractivity contribution in [2.24, 2.45) is 5.84 Å². The standard InChI is InChI=1S/C16H21N3OS/c1-11-9-13(18-17)6-7-15(11)16(20)19(3)12(2)10-14-5-4-8-21-14/h4-9,12,18H,10,17H2,1-3H3. The summed E-state index contributed by atoms with van der Waals surface area (Å²) in [7, 11) is 1.86. The van der Waals surface area contributed by atoms with Crippen LogP contribution in [0.15, 0.2) is 35.7 Å². The van der Waals surface area contributed by atoms with Crippen molar-refractivity contribution < 1.29 is 4.79 Å². The minimum atomic E-state index is 0.0418. The number of rotatable bonds is 5. The number of nitrogens with zero attached hydrogens (tertiary/aromatic N) is 1. The highest BCUT2D eigenvalue weighted by molar-refractivity contribution is 7.09. The molecule has 0 saturated heterocycles. The fraction of sp³-hybridized carbons (Fsp3) is 0.312. The van der Waals surface area contributed by atoms with E-state index in [1.165, 1.54) is 4.88 Å². The second-order valence-electron chi connectivity index (χ2n) is 5.22. The number of nitrogen functional groups attached to an aromatic ring is 1. The summed E-state index contributed by atoms with van der Waals surface area (Å²) in [5, 5.41) is 2.06. The number of hydrogen-bond donors (Lipinski definition) is 2. The van der Waals surface area contributed by atoms with Crippen LogP contribution in [0.25, 0.3) is 0 Å². The molecule has 0 fully saturated rings. The molecule has 1 aromatic heterocycles. The zero-order valence-corrected chi connectivity index (χ0v) is 13.4. The summed E-state index contributed by atoms with van der Waals surface area (Å²) >= 11 is 1.72. The van der Waals surface area contributed by atoms with Crippen molar-refractivity contribution >= 4 is 22.9 Å². The number of nitrogens with two attached hydrogens (primary N) is 1. The largest absolute Gasteiger partial charge is 0.339 e. The Bertz CT molecular complexity index is 610. The molecule has 1 amide bonds.